The Morgan fingerprint density at radius 3 is 1.23 bits per heavy atom. The summed E-state index contributed by atoms with van der Waals surface area (Å²) in [5, 5.41) is 3.02. The molecule has 0 aromatic carbocycles. The number of ether oxygens (including phenoxy) is 1. The molecule has 1 N–H and O–H groups in total. The van der Waals surface area contributed by atoms with Crippen LogP contribution in [0.5, 0.6) is 0 Å². The molecule has 0 fully saturated rings. The van der Waals surface area contributed by atoms with E-state index in [1.165, 1.54) is 180 Å². The molecule has 10 heteroatoms. The molecular formula is C59H115N2O7P. The maximum atomic E-state index is 13.5. The number of nitrogens with one attached hydrogen (secondary N) is 1. The van der Waals surface area contributed by atoms with E-state index < -0.39 is 20.0 Å². The van der Waals surface area contributed by atoms with E-state index in [1.807, 2.05) is 33.3 Å². The molecule has 1 amide bonds. The number of quaternary nitrogens is 1. The highest BCUT2D eigenvalue weighted by Crippen LogP contribution is 2.38. The number of phosphoric ester groups is 1. The molecule has 0 aromatic rings. The highest BCUT2D eigenvalue weighted by Gasteiger charge is 2.27. The summed E-state index contributed by atoms with van der Waals surface area (Å²) in [5.74, 6) is -0.537. The number of hydrogen-bond donors (Lipinski definition) is 1. The number of rotatable bonds is 54. The Morgan fingerprint density at radius 2 is 0.841 bits per heavy atom. The quantitative estimate of drug-likeness (QED) is 0.0212. The molecule has 0 saturated heterocycles. The maximum Gasteiger partial charge on any atom is 0.306 e. The zero-order chi connectivity index (χ0) is 50.8. The number of esters is 1. The van der Waals surface area contributed by atoms with Crippen LogP contribution >= 0.6 is 7.82 Å². The van der Waals surface area contributed by atoms with Gasteiger partial charge in [0.2, 0.25) is 5.91 Å². The van der Waals surface area contributed by atoms with Crippen molar-refractivity contribution in [3.05, 3.63) is 24.3 Å². The molecule has 0 spiro atoms. The predicted molar refractivity (Wildman–Crippen MR) is 293 cm³/mol. The normalized spacial score (nSPS) is 13.9. The van der Waals surface area contributed by atoms with Crippen molar-refractivity contribution in [2.45, 2.75) is 303 Å². The fourth-order valence-corrected chi connectivity index (χ4v) is 9.48. The minimum Gasteiger partial charge on any atom is -0.756 e. The first-order valence-electron chi connectivity index (χ1n) is 29.6. The average molecular weight is 996 g/mol. The monoisotopic (exact) mass is 995 g/mol. The molecule has 0 aromatic heterocycles. The van der Waals surface area contributed by atoms with Crippen LogP contribution in [-0.2, 0) is 27.9 Å². The molecule has 9 nitrogen and oxygen atoms in total. The van der Waals surface area contributed by atoms with Crippen LogP contribution in [0.15, 0.2) is 24.3 Å². The van der Waals surface area contributed by atoms with Crippen LogP contribution < -0.4 is 10.2 Å². The van der Waals surface area contributed by atoms with E-state index in [0.29, 0.717) is 17.4 Å². The molecule has 0 heterocycles. The van der Waals surface area contributed by atoms with Gasteiger partial charge in [-0.05, 0) is 57.4 Å². The Bertz CT molecular complexity index is 1240. The molecule has 0 rings (SSSR count). The second-order valence-electron chi connectivity index (χ2n) is 21.5. The molecule has 3 atom stereocenters. The molecule has 0 radical (unpaired) electrons. The number of allylic oxidation sites excluding steroid dienone is 3. The summed E-state index contributed by atoms with van der Waals surface area (Å²) in [5.41, 5.74) is 0. The third-order valence-electron chi connectivity index (χ3n) is 13.4. The third-order valence-corrected chi connectivity index (χ3v) is 14.3. The van der Waals surface area contributed by atoms with Crippen molar-refractivity contribution in [1.29, 1.82) is 0 Å². The van der Waals surface area contributed by atoms with Gasteiger partial charge in [0.05, 0.1) is 33.8 Å². The van der Waals surface area contributed by atoms with E-state index in [4.69, 9.17) is 13.8 Å². The molecular weight excluding hydrogens is 880 g/mol. The van der Waals surface area contributed by atoms with Crippen LogP contribution in [0.1, 0.15) is 290 Å². The van der Waals surface area contributed by atoms with Gasteiger partial charge in [-0.2, -0.15) is 0 Å². The van der Waals surface area contributed by atoms with Gasteiger partial charge in [0.1, 0.15) is 19.3 Å². The van der Waals surface area contributed by atoms with Gasteiger partial charge >= 0.3 is 5.97 Å². The van der Waals surface area contributed by atoms with Crippen LogP contribution in [0, 0.1) is 0 Å². The number of hydrogen-bond acceptors (Lipinski definition) is 7. The Hall–Kier alpha value is -1.51. The molecule has 0 bridgehead atoms. The van der Waals surface area contributed by atoms with Crippen LogP contribution in [-0.4, -0.2) is 69.4 Å². The fourth-order valence-electron chi connectivity index (χ4n) is 8.75. The van der Waals surface area contributed by atoms with Gasteiger partial charge < -0.3 is 28.5 Å². The zero-order valence-electron chi connectivity index (χ0n) is 46.5. The topological polar surface area (TPSA) is 114 Å². The highest BCUT2D eigenvalue weighted by molar-refractivity contribution is 7.45. The van der Waals surface area contributed by atoms with E-state index in [2.05, 4.69) is 38.2 Å². The summed E-state index contributed by atoms with van der Waals surface area (Å²) in [6.45, 7) is 6.86. The van der Waals surface area contributed by atoms with E-state index in [1.54, 1.807) is 0 Å². The summed E-state index contributed by atoms with van der Waals surface area (Å²) >= 11 is 0. The lowest BCUT2D eigenvalue weighted by Crippen LogP contribution is -2.47. The van der Waals surface area contributed by atoms with E-state index in [0.717, 1.165) is 77.0 Å². The van der Waals surface area contributed by atoms with Gasteiger partial charge in [0, 0.05) is 12.8 Å². The molecule has 69 heavy (non-hydrogen) atoms. The van der Waals surface area contributed by atoms with Crippen molar-refractivity contribution < 1.29 is 37.3 Å². The number of nitrogens with zero attached hydrogens (tertiary/aromatic N) is 1. The number of carbonyl (C=O) groups is 2. The van der Waals surface area contributed by atoms with Gasteiger partial charge in [-0.1, -0.05) is 244 Å². The number of unbranched alkanes of at least 4 members (excludes halogenated alkanes) is 36. The number of likely N-dealkylation sites (N-methyl/N-ethyl adjacent to an activating group) is 1. The van der Waals surface area contributed by atoms with E-state index in [-0.39, 0.29) is 31.5 Å². The van der Waals surface area contributed by atoms with Gasteiger partial charge in [-0.15, -0.1) is 0 Å². The Kier molecular flexibility index (Phi) is 48.9. The molecule has 0 aliphatic heterocycles. The van der Waals surface area contributed by atoms with Gasteiger partial charge in [0.15, 0.2) is 0 Å². The standard InChI is InChI=1S/C59H115N2O7P/c1-7-10-13-16-19-22-25-28-30-31-33-36-39-42-45-48-51-58(62)60-56(55-67-69(64,65)66-54-53-61(4,5)6)57(50-47-44-41-38-35-32-27-24-21-18-15-12-9-3)68-59(63)52-49-46-43-40-37-34-29-26-23-20-17-14-11-8-2/h30-31,47,50,56-57H,7-29,32-46,48-49,51-55H2,1-6H3,(H-,60,62,64,65)/b31-30+,50-47+. The van der Waals surface area contributed by atoms with E-state index >= 15 is 0 Å². The van der Waals surface area contributed by atoms with Crippen LogP contribution in [0.2, 0.25) is 0 Å². The Labute approximate surface area is 428 Å². The number of phosphoric acid groups is 1. The molecule has 0 saturated carbocycles. The summed E-state index contributed by atoms with van der Waals surface area (Å²) in [6, 6.07) is -0.886. The summed E-state index contributed by atoms with van der Waals surface area (Å²) < 4.78 is 30.3. The maximum absolute atomic E-state index is 13.5. The summed E-state index contributed by atoms with van der Waals surface area (Å²) in [6.07, 6.45) is 57.0. The van der Waals surface area contributed by atoms with E-state index in [9.17, 15) is 19.0 Å². The van der Waals surface area contributed by atoms with Crippen LogP contribution in [0.3, 0.4) is 0 Å². The van der Waals surface area contributed by atoms with Crippen molar-refractivity contribution in [2.24, 2.45) is 0 Å². The highest BCUT2D eigenvalue weighted by atomic mass is 31.2. The lowest BCUT2D eigenvalue weighted by molar-refractivity contribution is -0.870. The first-order chi connectivity index (χ1) is 33.4. The lowest BCUT2D eigenvalue weighted by Gasteiger charge is -2.30. The van der Waals surface area contributed by atoms with Crippen LogP contribution in [0.25, 0.3) is 0 Å². The van der Waals surface area contributed by atoms with Gasteiger partial charge in [0.25, 0.3) is 7.82 Å². The SMILES string of the molecule is CCCCCCCCC/C=C/CCCCCCCC(=O)NC(COP(=O)([O-])OCC[N+](C)(C)C)C(/C=C/CCCCCCCCCCCCC)OC(=O)CCCCCCCCCCCCCCCC. The first kappa shape index (κ1) is 67.5. The van der Waals surface area contributed by atoms with Crippen LogP contribution in [0.4, 0.5) is 0 Å². The van der Waals surface area contributed by atoms with Gasteiger partial charge in [-0.25, -0.2) is 0 Å². The molecule has 0 aliphatic rings. The van der Waals surface area contributed by atoms with Crippen molar-refractivity contribution in [3.63, 3.8) is 0 Å². The summed E-state index contributed by atoms with van der Waals surface area (Å²) in [4.78, 5) is 39.9. The zero-order valence-corrected chi connectivity index (χ0v) is 47.4. The largest absolute Gasteiger partial charge is 0.756 e. The second-order valence-corrected chi connectivity index (χ2v) is 22.9. The third kappa shape index (κ3) is 51.2. The molecule has 408 valence electrons. The minimum atomic E-state index is -4.69. The molecule has 3 unspecified atom stereocenters. The van der Waals surface area contributed by atoms with Crippen molar-refractivity contribution in [1.82, 2.24) is 5.32 Å². The number of amides is 1. The average Bonchev–Trinajstić information content (AvgIpc) is 3.31. The summed E-state index contributed by atoms with van der Waals surface area (Å²) in [7, 11) is 1.19. The van der Waals surface area contributed by atoms with Crippen molar-refractivity contribution in [2.75, 3.05) is 40.9 Å². The Morgan fingerprint density at radius 1 is 0.493 bits per heavy atom. The number of carbonyl (C=O) groups excluding carboxylic acids is 2. The minimum absolute atomic E-state index is 0.0205. The first-order valence-corrected chi connectivity index (χ1v) is 31.1. The smallest absolute Gasteiger partial charge is 0.306 e. The second kappa shape index (κ2) is 50.0. The van der Waals surface area contributed by atoms with Crippen molar-refractivity contribution in [3.8, 4) is 0 Å². The molecule has 0 aliphatic carbocycles. The predicted octanol–water partition coefficient (Wildman–Crippen LogP) is 17.1. The Balaban J connectivity index is 5.34. The lowest BCUT2D eigenvalue weighted by atomic mass is 10.0. The van der Waals surface area contributed by atoms with Crippen molar-refractivity contribution >= 4 is 19.7 Å². The van der Waals surface area contributed by atoms with Gasteiger partial charge in [-0.3, -0.25) is 14.2 Å². The fraction of sp³-hybridized carbons (Fsp3) is 0.898.